The number of carbonyl (C=O) groups is 1. The molecule has 0 spiro atoms. The first-order valence-electron chi connectivity index (χ1n) is 8.95. The summed E-state index contributed by atoms with van der Waals surface area (Å²) in [5, 5.41) is 9.62. The van der Waals surface area contributed by atoms with E-state index in [0.29, 0.717) is 6.54 Å². The molecule has 2 saturated heterocycles. The summed E-state index contributed by atoms with van der Waals surface area (Å²) >= 11 is 0. The van der Waals surface area contributed by atoms with Crippen LogP contribution in [-0.2, 0) is 4.79 Å². The third-order valence-electron chi connectivity index (χ3n) is 5.01. The Kier molecular flexibility index (Phi) is 5.50. The maximum atomic E-state index is 12.3. The van der Waals surface area contributed by atoms with Gasteiger partial charge in [0.1, 0.15) is 18.0 Å². The number of amides is 1. The molecule has 0 aromatic carbocycles. The SMILES string of the molecule is CCN1CCCN(c2cc(N3CCCCC3CO)ncn2)CC1=O. The molecule has 0 saturated carbocycles. The molecular weight excluding hydrogens is 306 g/mol. The summed E-state index contributed by atoms with van der Waals surface area (Å²) in [5.74, 6) is 1.80. The van der Waals surface area contributed by atoms with Crippen LogP contribution in [-0.4, -0.2) is 71.3 Å². The van der Waals surface area contributed by atoms with Crippen LogP contribution in [0.1, 0.15) is 32.6 Å². The van der Waals surface area contributed by atoms with Crippen LogP contribution in [0.3, 0.4) is 0 Å². The molecule has 1 unspecified atom stereocenters. The smallest absolute Gasteiger partial charge is 0.242 e. The van der Waals surface area contributed by atoms with E-state index in [9.17, 15) is 9.90 Å². The second kappa shape index (κ2) is 7.79. The predicted octanol–water partition coefficient (Wildman–Crippen LogP) is 0.886. The molecule has 2 fully saturated rings. The molecule has 7 nitrogen and oxygen atoms in total. The van der Waals surface area contributed by atoms with Gasteiger partial charge in [-0.25, -0.2) is 9.97 Å². The summed E-state index contributed by atoms with van der Waals surface area (Å²) < 4.78 is 0. The molecule has 3 heterocycles. The lowest BCUT2D eigenvalue weighted by Crippen LogP contribution is -2.42. The van der Waals surface area contributed by atoms with Crippen LogP contribution in [0.2, 0.25) is 0 Å². The minimum Gasteiger partial charge on any atom is -0.394 e. The van der Waals surface area contributed by atoms with E-state index in [2.05, 4.69) is 14.9 Å². The molecule has 2 aliphatic heterocycles. The first kappa shape index (κ1) is 17.0. The van der Waals surface area contributed by atoms with Gasteiger partial charge in [0.2, 0.25) is 5.91 Å². The summed E-state index contributed by atoms with van der Waals surface area (Å²) in [6.45, 7) is 5.82. The van der Waals surface area contributed by atoms with E-state index >= 15 is 0 Å². The Balaban J connectivity index is 1.78. The quantitative estimate of drug-likeness (QED) is 0.882. The molecule has 1 atom stereocenters. The fourth-order valence-corrected chi connectivity index (χ4v) is 3.61. The molecule has 132 valence electrons. The van der Waals surface area contributed by atoms with Crippen molar-refractivity contribution in [3.05, 3.63) is 12.4 Å². The first-order valence-corrected chi connectivity index (χ1v) is 8.95. The second-order valence-electron chi connectivity index (χ2n) is 6.51. The van der Waals surface area contributed by atoms with E-state index in [1.807, 2.05) is 22.8 Å². The Bertz CT molecular complexity index is 568. The van der Waals surface area contributed by atoms with Crippen molar-refractivity contribution < 1.29 is 9.90 Å². The molecule has 7 heteroatoms. The highest BCUT2D eigenvalue weighted by atomic mass is 16.3. The number of hydrogen-bond acceptors (Lipinski definition) is 6. The Morgan fingerprint density at radius 3 is 2.79 bits per heavy atom. The van der Waals surface area contributed by atoms with Crippen LogP contribution < -0.4 is 9.80 Å². The number of aromatic nitrogens is 2. The average Bonchev–Trinajstić information content (AvgIpc) is 2.83. The van der Waals surface area contributed by atoms with E-state index in [0.717, 1.165) is 63.5 Å². The normalized spacial score (nSPS) is 22.7. The zero-order chi connectivity index (χ0) is 16.9. The molecule has 0 radical (unpaired) electrons. The third-order valence-corrected chi connectivity index (χ3v) is 5.01. The number of likely N-dealkylation sites (N-methyl/N-ethyl adjacent to an activating group) is 1. The largest absolute Gasteiger partial charge is 0.394 e. The minimum absolute atomic E-state index is 0.128. The van der Waals surface area contributed by atoms with Crippen molar-refractivity contribution in [2.45, 2.75) is 38.6 Å². The fraction of sp³-hybridized carbons (Fsp3) is 0.706. The summed E-state index contributed by atoms with van der Waals surface area (Å²) in [7, 11) is 0. The van der Waals surface area contributed by atoms with Crippen LogP contribution >= 0.6 is 0 Å². The topological polar surface area (TPSA) is 72.8 Å². The molecule has 2 aliphatic rings. The van der Waals surface area contributed by atoms with Crippen molar-refractivity contribution in [1.29, 1.82) is 0 Å². The lowest BCUT2D eigenvalue weighted by molar-refractivity contribution is -0.129. The minimum atomic E-state index is 0.128. The van der Waals surface area contributed by atoms with Crippen molar-refractivity contribution >= 4 is 17.5 Å². The van der Waals surface area contributed by atoms with Crippen molar-refractivity contribution in [1.82, 2.24) is 14.9 Å². The number of anilines is 2. The molecule has 0 aliphatic carbocycles. The molecule has 1 aromatic rings. The molecule has 1 amide bonds. The van der Waals surface area contributed by atoms with Gasteiger partial charge in [-0.3, -0.25) is 4.79 Å². The van der Waals surface area contributed by atoms with Crippen molar-refractivity contribution in [2.24, 2.45) is 0 Å². The van der Waals surface area contributed by atoms with Crippen molar-refractivity contribution in [2.75, 3.05) is 49.1 Å². The highest BCUT2D eigenvalue weighted by Gasteiger charge is 2.25. The maximum absolute atomic E-state index is 12.3. The average molecular weight is 333 g/mol. The summed E-state index contributed by atoms with van der Waals surface area (Å²) in [6, 6.07) is 2.09. The van der Waals surface area contributed by atoms with Gasteiger partial charge in [0.25, 0.3) is 0 Å². The van der Waals surface area contributed by atoms with Gasteiger partial charge in [0.05, 0.1) is 19.2 Å². The monoisotopic (exact) mass is 333 g/mol. The second-order valence-corrected chi connectivity index (χ2v) is 6.51. The molecule has 3 rings (SSSR count). The first-order chi connectivity index (χ1) is 11.7. The number of piperidine rings is 1. The van der Waals surface area contributed by atoms with Crippen molar-refractivity contribution in [3.63, 3.8) is 0 Å². The van der Waals surface area contributed by atoms with E-state index in [4.69, 9.17) is 0 Å². The van der Waals surface area contributed by atoms with E-state index in [1.165, 1.54) is 0 Å². The van der Waals surface area contributed by atoms with Crippen LogP contribution in [0.4, 0.5) is 11.6 Å². The van der Waals surface area contributed by atoms with Crippen molar-refractivity contribution in [3.8, 4) is 0 Å². The molecule has 0 bridgehead atoms. The molecule has 1 N–H and O–H groups in total. The molecule has 1 aromatic heterocycles. The van der Waals surface area contributed by atoms with Crippen LogP contribution in [0.5, 0.6) is 0 Å². The van der Waals surface area contributed by atoms with Gasteiger partial charge in [0, 0.05) is 32.2 Å². The Morgan fingerprint density at radius 1 is 1.17 bits per heavy atom. The highest BCUT2D eigenvalue weighted by Crippen LogP contribution is 2.25. The number of nitrogens with zero attached hydrogens (tertiary/aromatic N) is 5. The number of rotatable bonds is 4. The standard InChI is InChI=1S/C17H27N5O2/c1-2-20-7-5-8-21(11-17(20)24)15-10-16(19-13-18-15)22-9-4-3-6-14(22)12-23/h10,13-14,23H,2-9,11-12H2,1H3. The highest BCUT2D eigenvalue weighted by molar-refractivity contribution is 5.81. The van der Waals surface area contributed by atoms with Gasteiger partial charge >= 0.3 is 0 Å². The van der Waals surface area contributed by atoms with Gasteiger partial charge in [-0.05, 0) is 32.6 Å². The lowest BCUT2D eigenvalue weighted by atomic mass is 10.0. The third kappa shape index (κ3) is 3.61. The van der Waals surface area contributed by atoms with Crippen LogP contribution in [0.15, 0.2) is 12.4 Å². The summed E-state index contributed by atoms with van der Waals surface area (Å²) in [4.78, 5) is 27.2. The fourth-order valence-electron chi connectivity index (χ4n) is 3.61. The van der Waals surface area contributed by atoms with Crippen LogP contribution in [0.25, 0.3) is 0 Å². The summed E-state index contributed by atoms with van der Waals surface area (Å²) in [5.41, 5.74) is 0. The number of aliphatic hydroxyl groups is 1. The van der Waals surface area contributed by atoms with Gasteiger partial charge < -0.3 is 19.8 Å². The number of hydrogen-bond donors (Lipinski definition) is 1. The van der Waals surface area contributed by atoms with Crippen LogP contribution in [0, 0.1) is 0 Å². The predicted molar refractivity (Wildman–Crippen MR) is 93.2 cm³/mol. The zero-order valence-electron chi connectivity index (χ0n) is 14.4. The zero-order valence-corrected chi connectivity index (χ0v) is 14.4. The van der Waals surface area contributed by atoms with Gasteiger partial charge in [0.15, 0.2) is 0 Å². The molecular formula is C17H27N5O2. The lowest BCUT2D eigenvalue weighted by Gasteiger charge is -2.35. The Labute approximate surface area is 143 Å². The van der Waals surface area contributed by atoms with E-state index < -0.39 is 0 Å². The van der Waals surface area contributed by atoms with E-state index in [-0.39, 0.29) is 18.6 Å². The van der Waals surface area contributed by atoms with Gasteiger partial charge in [-0.2, -0.15) is 0 Å². The maximum Gasteiger partial charge on any atom is 0.242 e. The van der Waals surface area contributed by atoms with Gasteiger partial charge in [-0.15, -0.1) is 0 Å². The molecule has 24 heavy (non-hydrogen) atoms. The summed E-state index contributed by atoms with van der Waals surface area (Å²) in [6.07, 6.45) is 5.77. The van der Waals surface area contributed by atoms with Gasteiger partial charge in [-0.1, -0.05) is 0 Å². The Morgan fingerprint density at radius 2 is 2.00 bits per heavy atom. The number of carbonyl (C=O) groups excluding carboxylic acids is 1. The Hall–Kier alpha value is -1.89. The number of aliphatic hydroxyl groups excluding tert-OH is 1. The van der Waals surface area contributed by atoms with E-state index in [1.54, 1.807) is 6.33 Å².